The first-order valence-electron chi connectivity index (χ1n) is 5.71. The van der Waals surface area contributed by atoms with Gasteiger partial charge in [0, 0.05) is 19.3 Å². The van der Waals surface area contributed by atoms with Crippen LogP contribution in [0.1, 0.15) is 32.6 Å². The van der Waals surface area contributed by atoms with Crippen molar-refractivity contribution in [3.05, 3.63) is 0 Å². The minimum atomic E-state index is 0.854. The van der Waals surface area contributed by atoms with Gasteiger partial charge < -0.3 is 10.1 Å². The zero-order valence-electron chi connectivity index (χ0n) is 8.59. The van der Waals surface area contributed by atoms with Gasteiger partial charge in [-0.25, -0.2) is 0 Å². The molecule has 1 aliphatic carbocycles. The first-order valence-corrected chi connectivity index (χ1v) is 5.71. The Hall–Kier alpha value is -0.0800. The average molecular weight is 183 g/mol. The van der Waals surface area contributed by atoms with E-state index >= 15 is 0 Å². The van der Waals surface area contributed by atoms with Crippen LogP contribution in [0.25, 0.3) is 0 Å². The van der Waals surface area contributed by atoms with Crippen LogP contribution in [0.15, 0.2) is 0 Å². The summed E-state index contributed by atoms with van der Waals surface area (Å²) in [5.41, 5.74) is 0. The molecular formula is C11H21NO. The Balaban J connectivity index is 1.57. The molecule has 1 saturated heterocycles. The van der Waals surface area contributed by atoms with Gasteiger partial charge in [-0.3, -0.25) is 0 Å². The lowest BCUT2D eigenvalue weighted by atomic mass is 10.0. The van der Waals surface area contributed by atoms with E-state index in [1.165, 1.54) is 32.2 Å². The molecule has 1 heterocycles. The molecule has 76 valence electrons. The van der Waals surface area contributed by atoms with Gasteiger partial charge in [0.15, 0.2) is 0 Å². The van der Waals surface area contributed by atoms with Crippen LogP contribution in [0.5, 0.6) is 0 Å². The molecule has 2 nitrogen and oxygen atoms in total. The number of hydrogen-bond donors (Lipinski definition) is 1. The Labute approximate surface area is 81.0 Å². The normalized spacial score (nSPS) is 34.8. The molecule has 2 fully saturated rings. The number of ether oxygens (including phenoxy) is 1. The van der Waals surface area contributed by atoms with Crippen molar-refractivity contribution in [2.75, 3.05) is 19.8 Å². The largest absolute Gasteiger partial charge is 0.381 e. The van der Waals surface area contributed by atoms with E-state index in [0.29, 0.717) is 0 Å². The second-order valence-corrected chi connectivity index (χ2v) is 4.47. The lowest BCUT2D eigenvalue weighted by molar-refractivity contribution is 0.0661. The van der Waals surface area contributed by atoms with E-state index in [2.05, 4.69) is 12.2 Å². The van der Waals surface area contributed by atoms with Gasteiger partial charge in [-0.05, 0) is 37.6 Å². The first-order chi connectivity index (χ1) is 6.40. The van der Waals surface area contributed by atoms with Crippen LogP contribution in [0.3, 0.4) is 0 Å². The highest BCUT2D eigenvalue weighted by Gasteiger charge is 2.34. The molecule has 2 rings (SSSR count). The molecule has 0 bridgehead atoms. The van der Waals surface area contributed by atoms with Crippen molar-refractivity contribution in [1.29, 1.82) is 0 Å². The quantitative estimate of drug-likeness (QED) is 0.717. The van der Waals surface area contributed by atoms with Gasteiger partial charge in [-0.1, -0.05) is 13.3 Å². The molecule has 2 atom stereocenters. The van der Waals surface area contributed by atoms with Crippen LogP contribution in [-0.2, 0) is 4.74 Å². The summed E-state index contributed by atoms with van der Waals surface area (Å²) in [6.07, 6.45) is 5.29. The molecule has 13 heavy (non-hydrogen) atoms. The van der Waals surface area contributed by atoms with Gasteiger partial charge in [0.25, 0.3) is 0 Å². The summed E-state index contributed by atoms with van der Waals surface area (Å²) in [5.74, 6) is 1.87. The summed E-state index contributed by atoms with van der Waals surface area (Å²) in [4.78, 5) is 0. The Morgan fingerprint density at radius 1 is 1.31 bits per heavy atom. The molecule has 2 unspecified atom stereocenters. The second kappa shape index (κ2) is 4.43. The van der Waals surface area contributed by atoms with E-state index in [4.69, 9.17) is 4.74 Å². The van der Waals surface area contributed by atoms with Crippen LogP contribution in [0.2, 0.25) is 0 Å². The number of hydrogen-bond acceptors (Lipinski definition) is 2. The van der Waals surface area contributed by atoms with Crippen molar-refractivity contribution in [3.63, 3.8) is 0 Å². The van der Waals surface area contributed by atoms with Gasteiger partial charge in [0.2, 0.25) is 0 Å². The van der Waals surface area contributed by atoms with Gasteiger partial charge in [0.1, 0.15) is 0 Å². The van der Waals surface area contributed by atoms with Crippen molar-refractivity contribution < 1.29 is 4.74 Å². The van der Waals surface area contributed by atoms with Gasteiger partial charge in [-0.2, -0.15) is 0 Å². The van der Waals surface area contributed by atoms with E-state index < -0.39 is 0 Å². The Bertz CT molecular complexity index is 154. The first kappa shape index (κ1) is 9.47. The van der Waals surface area contributed by atoms with Crippen molar-refractivity contribution >= 4 is 0 Å². The van der Waals surface area contributed by atoms with Crippen LogP contribution in [0.4, 0.5) is 0 Å². The zero-order chi connectivity index (χ0) is 9.10. The lowest BCUT2D eigenvalue weighted by Crippen LogP contribution is -2.29. The fourth-order valence-electron chi connectivity index (χ4n) is 2.22. The molecule has 1 N–H and O–H groups in total. The highest BCUT2D eigenvalue weighted by molar-refractivity contribution is 4.92. The maximum absolute atomic E-state index is 5.34. The van der Waals surface area contributed by atoms with Crippen molar-refractivity contribution in [3.8, 4) is 0 Å². The van der Waals surface area contributed by atoms with Crippen LogP contribution >= 0.6 is 0 Å². The van der Waals surface area contributed by atoms with E-state index in [1.54, 1.807) is 0 Å². The highest BCUT2D eigenvalue weighted by Crippen LogP contribution is 2.33. The predicted octanol–water partition coefficient (Wildman–Crippen LogP) is 1.80. The highest BCUT2D eigenvalue weighted by atomic mass is 16.5. The predicted molar refractivity (Wildman–Crippen MR) is 53.7 cm³/mol. The maximum Gasteiger partial charge on any atom is 0.0469 e. The molecule has 1 saturated carbocycles. The Kier molecular flexibility index (Phi) is 3.23. The Morgan fingerprint density at radius 2 is 2.08 bits per heavy atom. The zero-order valence-corrected chi connectivity index (χ0v) is 8.59. The van der Waals surface area contributed by atoms with Gasteiger partial charge in [-0.15, -0.1) is 0 Å². The van der Waals surface area contributed by atoms with Crippen LogP contribution < -0.4 is 5.32 Å². The van der Waals surface area contributed by atoms with Crippen molar-refractivity contribution in [1.82, 2.24) is 5.32 Å². The molecule has 1 aliphatic heterocycles. The third kappa shape index (κ3) is 2.68. The number of nitrogens with one attached hydrogen (secondary N) is 1. The minimum absolute atomic E-state index is 0.854. The van der Waals surface area contributed by atoms with Crippen LogP contribution in [-0.4, -0.2) is 25.8 Å². The van der Waals surface area contributed by atoms with Crippen molar-refractivity contribution in [2.45, 2.75) is 38.6 Å². The molecule has 0 spiro atoms. The average Bonchev–Trinajstić information content (AvgIpc) is 2.95. The molecule has 0 aromatic carbocycles. The summed E-state index contributed by atoms with van der Waals surface area (Å²) in [6.45, 7) is 5.48. The summed E-state index contributed by atoms with van der Waals surface area (Å²) in [6, 6.07) is 0.854. The Morgan fingerprint density at radius 3 is 2.69 bits per heavy atom. The summed E-state index contributed by atoms with van der Waals surface area (Å²) >= 11 is 0. The molecule has 0 aromatic rings. The standard InChI is InChI=1S/C11H21NO/c1-2-10-7-11(10)12-8-9-3-5-13-6-4-9/h9-12H,2-8H2,1H3. The topological polar surface area (TPSA) is 21.3 Å². The minimum Gasteiger partial charge on any atom is -0.381 e. The molecule has 0 aromatic heterocycles. The fraction of sp³-hybridized carbons (Fsp3) is 1.00. The number of rotatable bonds is 4. The smallest absolute Gasteiger partial charge is 0.0469 e. The summed E-state index contributed by atoms with van der Waals surface area (Å²) in [5, 5.41) is 3.67. The van der Waals surface area contributed by atoms with Crippen LogP contribution in [0, 0.1) is 11.8 Å². The third-order valence-electron chi connectivity index (χ3n) is 3.46. The molecule has 0 radical (unpaired) electrons. The van der Waals surface area contributed by atoms with E-state index in [0.717, 1.165) is 31.1 Å². The fourth-order valence-corrected chi connectivity index (χ4v) is 2.22. The van der Waals surface area contributed by atoms with Gasteiger partial charge >= 0.3 is 0 Å². The second-order valence-electron chi connectivity index (χ2n) is 4.47. The third-order valence-corrected chi connectivity index (χ3v) is 3.46. The molecule has 2 aliphatic rings. The SMILES string of the molecule is CCC1CC1NCC1CCOCC1. The summed E-state index contributed by atoms with van der Waals surface area (Å²) in [7, 11) is 0. The van der Waals surface area contributed by atoms with E-state index in [1.807, 2.05) is 0 Å². The van der Waals surface area contributed by atoms with E-state index in [9.17, 15) is 0 Å². The maximum atomic E-state index is 5.34. The lowest BCUT2D eigenvalue weighted by Gasteiger charge is -2.22. The van der Waals surface area contributed by atoms with E-state index in [-0.39, 0.29) is 0 Å². The molecular weight excluding hydrogens is 162 g/mol. The summed E-state index contributed by atoms with van der Waals surface area (Å²) < 4.78 is 5.34. The molecule has 2 heteroatoms. The monoisotopic (exact) mass is 183 g/mol. The van der Waals surface area contributed by atoms with Crippen molar-refractivity contribution in [2.24, 2.45) is 11.8 Å². The molecule has 0 amide bonds. The van der Waals surface area contributed by atoms with Gasteiger partial charge in [0.05, 0.1) is 0 Å².